The van der Waals surface area contributed by atoms with Crippen LogP contribution in [0, 0.1) is 0 Å². The van der Waals surface area contributed by atoms with Gasteiger partial charge >= 0.3 is 0 Å². The molecule has 0 radical (unpaired) electrons. The summed E-state index contributed by atoms with van der Waals surface area (Å²) in [6, 6.07) is 9.05. The number of carbonyl (C=O) groups is 1. The number of hydrogen-bond acceptors (Lipinski definition) is 2. The summed E-state index contributed by atoms with van der Waals surface area (Å²) in [4.78, 5) is 11.2. The monoisotopic (exact) mass is 190 g/mol. The van der Waals surface area contributed by atoms with Crippen molar-refractivity contribution in [2.24, 2.45) is 0 Å². The van der Waals surface area contributed by atoms with Crippen LogP contribution in [0.4, 0.5) is 0 Å². The summed E-state index contributed by atoms with van der Waals surface area (Å²) in [6.07, 6.45) is 2.58. The van der Waals surface area contributed by atoms with Crippen molar-refractivity contribution in [1.82, 2.24) is 0 Å². The summed E-state index contributed by atoms with van der Waals surface area (Å²) in [6.45, 7) is 1.94. The zero-order valence-electron chi connectivity index (χ0n) is 8.23. The molecule has 1 N–H and O–H groups in total. The van der Waals surface area contributed by atoms with Crippen molar-refractivity contribution >= 4 is 11.5 Å². The molecule has 0 aromatic heterocycles. The minimum absolute atomic E-state index is 0.0335. The van der Waals surface area contributed by atoms with Crippen molar-refractivity contribution in [2.75, 3.05) is 0 Å². The second kappa shape index (κ2) is 5.22. The van der Waals surface area contributed by atoms with Crippen molar-refractivity contribution in [3.8, 4) is 0 Å². The van der Waals surface area contributed by atoms with Gasteiger partial charge in [-0.1, -0.05) is 37.3 Å². The van der Waals surface area contributed by atoms with Gasteiger partial charge in [-0.05, 0) is 6.42 Å². The van der Waals surface area contributed by atoms with E-state index < -0.39 is 0 Å². The fraction of sp³-hybridized carbons (Fsp3) is 0.250. The van der Waals surface area contributed by atoms with E-state index in [2.05, 4.69) is 0 Å². The number of aliphatic hydroxyl groups is 1. The number of allylic oxidation sites excluding steroid dienone is 1. The van der Waals surface area contributed by atoms with Crippen LogP contribution in [0.25, 0.3) is 5.76 Å². The molecule has 14 heavy (non-hydrogen) atoms. The summed E-state index contributed by atoms with van der Waals surface area (Å²) in [7, 11) is 0. The Kier molecular flexibility index (Phi) is 3.92. The molecular formula is C12H14O2. The maximum Gasteiger partial charge on any atom is 0.159 e. The molecular weight excluding hydrogens is 176 g/mol. The highest BCUT2D eigenvalue weighted by Crippen LogP contribution is 2.10. The lowest BCUT2D eigenvalue weighted by atomic mass is 10.1. The van der Waals surface area contributed by atoms with E-state index in [1.165, 1.54) is 6.08 Å². The van der Waals surface area contributed by atoms with E-state index in [1.807, 2.05) is 25.1 Å². The van der Waals surface area contributed by atoms with Gasteiger partial charge in [-0.3, -0.25) is 4.79 Å². The van der Waals surface area contributed by atoms with E-state index in [0.29, 0.717) is 12.0 Å². The molecule has 0 saturated carbocycles. The quantitative estimate of drug-likeness (QED) is 0.585. The Morgan fingerprint density at radius 1 is 1.36 bits per heavy atom. The first kappa shape index (κ1) is 10.5. The molecule has 0 unspecified atom stereocenters. The molecule has 0 bridgehead atoms. The number of benzene rings is 1. The van der Waals surface area contributed by atoms with Crippen LogP contribution in [0.1, 0.15) is 25.3 Å². The molecule has 1 aromatic carbocycles. The van der Waals surface area contributed by atoms with E-state index in [-0.39, 0.29) is 11.5 Å². The fourth-order valence-corrected chi connectivity index (χ4v) is 1.16. The summed E-state index contributed by atoms with van der Waals surface area (Å²) in [5, 5.41) is 9.56. The number of carbonyl (C=O) groups excluding carboxylic acids is 1. The molecule has 0 heterocycles. The SMILES string of the molecule is CCCC(=O)C=C(O)c1ccccc1. The van der Waals surface area contributed by atoms with Gasteiger partial charge in [-0.25, -0.2) is 0 Å². The normalized spacial score (nSPS) is 11.4. The van der Waals surface area contributed by atoms with Gasteiger partial charge in [0.2, 0.25) is 0 Å². The molecule has 0 aliphatic heterocycles. The lowest BCUT2D eigenvalue weighted by Gasteiger charge is -1.98. The first-order valence-corrected chi connectivity index (χ1v) is 4.73. The average Bonchev–Trinajstić information content (AvgIpc) is 2.19. The number of rotatable bonds is 4. The number of hydrogen-bond donors (Lipinski definition) is 1. The molecule has 74 valence electrons. The molecule has 0 spiro atoms. The van der Waals surface area contributed by atoms with Gasteiger partial charge in [0.25, 0.3) is 0 Å². The van der Waals surface area contributed by atoms with Gasteiger partial charge in [0.05, 0.1) is 0 Å². The Balaban J connectivity index is 2.75. The predicted octanol–water partition coefficient (Wildman–Crippen LogP) is 2.95. The van der Waals surface area contributed by atoms with Crippen molar-refractivity contribution in [2.45, 2.75) is 19.8 Å². The van der Waals surface area contributed by atoms with Crippen LogP contribution in [0.3, 0.4) is 0 Å². The van der Waals surface area contributed by atoms with E-state index in [9.17, 15) is 9.90 Å². The molecule has 0 saturated heterocycles. The van der Waals surface area contributed by atoms with Gasteiger partial charge in [0.15, 0.2) is 5.78 Å². The summed E-state index contributed by atoms with van der Waals surface area (Å²) < 4.78 is 0. The van der Waals surface area contributed by atoms with Crippen LogP contribution in [-0.4, -0.2) is 10.9 Å². The van der Waals surface area contributed by atoms with Gasteiger partial charge < -0.3 is 5.11 Å². The van der Waals surface area contributed by atoms with Crippen LogP contribution in [-0.2, 0) is 4.79 Å². The highest BCUT2D eigenvalue weighted by molar-refractivity contribution is 5.95. The predicted molar refractivity (Wildman–Crippen MR) is 57.0 cm³/mol. The lowest BCUT2D eigenvalue weighted by Crippen LogP contribution is -1.93. The topological polar surface area (TPSA) is 37.3 Å². The largest absolute Gasteiger partial charge is 0.507 e. The van der Waals surface area contributed by atoms with Gasteiger partial charge in [-0.15, -0.1) is 0 Å². The van der Waals surface area contributed by atoms with E-state index in [4.69, 9.17) is 0 Å². The van der Waals surface area contributed by atoms with Crippen LogP contribution in [0.5, 0.6) is 0 Å². The lowest BCUT2D eigenvalue weighted by molar-refractivity contribution is -0.114. The number of aliphatic hydroxyl groups excluding tert-OH is 1. The molecule has 0 atom stereocenters. The van der Waals surface area contributed by atoms with Crippen molar-refractivity contribution in [1.29, 1.82) is 0 Å². The van der Waals surface area contributed by atoms with Crippen molar-refractivity contribution < 1.29 is 9.90 Å². The first-order chi connectivity index (χ1) is 6.74. The smallest absolute Gasteiger partial charge is 0.159 e. The highest BCUT2D eigenvalue weighted by atomic mass is 16.3. The Bertz CT molecular complexity index is 325. The molecule has 0 amide bonds. The van der Waals surface area contributed by atoms with Crippen LogP contribution < -0.4 is 0 Å². The van der Waals surface area contributed by atoms with E-state index >= 15 is 0 Å². The Hall–Kier alpha value is -1.57. The molecule has 2 nitrogen and oxygen atoms in total. The maximum absolute atomic E-state index is 11.2. The van der Waals surface area contributed by atoms with Gasteiger partial charge in [0, 0.05) is 18.1 Å². The molecule has 0 fully saturated rings. The Morgan fingerprint density at radius 2 is 2.00 bits per heavy atom. The van der Waals surface area contributed by atoms with Crippen LogP contribution in [0.15, 0.2) is 36.4 Å². The maximum atomic E-state index is 11.2. The number of ketones is 1. The van der Waals surface area contributed by atoms with E-state index in [1.54, 1.807) is 12.1 Å². The summed E-state index contributed by atoms with van der Waals surface area (Å²) in [5.41, 5.74) is 0.678. The van der Waals surface area contributed by atoms with Gasteiger partial charge in [-0.2, -0.15) is 0 Å². The zero-order valence-corrected chi connectivity index (χ0v) is 8.23. The second-order valence-electron chi connectivity index (χ2n) is 3.11. The van der Waals surface area contributed by atoms with Crippen molar-refractivity contribution in [3.63, 3.8) is 0 Å². The third kappa shape index (κ3) is 3.05. The Morgan fingerprint density at radius 3 is 2.57 bits per heavy atom. The third-order valence-corrected chi connectivity index (χ3v) is 1.86. The van der Waals surface area contributed by atoms with Gasteiger partial charge in [0.1, 0.15) is 5.76 Å². The summed E-state index contributed by atoms with van der Waals surface area (Å²) in [5.74, 6) is 0.0119. The molecule has 1 rings (SSSR count). The van der Waals surface area contributed by atoms with E-state index in [0.717, 1.165) is 6.42 Å². The Labute approximate surface area is 83.9 Å². The van der Waals surface area contributed by atoms with Crippen molar-refractivity contribution in [3.05, 3.63) is 42.0 Å². The molecule has 1 aromatic rings. The standard InChI is InChI=1S/C12H14O2/c1-2-6-11(13)9-12(14)10-7-4-3-5-8-10/h3-5,7-9,14H,2,6H2,1H3. The summed E-state index contributed by atoms with van der Waals surface area (Å²) >= 11 is 0. The third-order valence-electron chi connectivity index (χ3n) is 1.86. The van der Waals surface area contributed by atoms with Crippen LogP contribution >= 0.6 is 0 Å². The zero-order chi connectivity index (χ0) is 10.4. The highest BCUT2D eigenvalue weighted by Gasteiger charge is 2.01. The second-order valence-corrected chi connectivity index (χ2v) is 3.11. The average molecular weight is 190 g/mol. The fourth-order valence-electron chi connectivity index (χ4n) is 1.16. The minimum Gasteiger partial charge on any atom is -0.507 e. The molecule has 2 heteroatoms. The molecule has 0 aliphatic rings. The first-order valence-electron chi connectivity index (χ1n) is 4.73. The molecule has 0 aliphatic carbocycles. The van der Waals surface area contributed by atoms with Crippen LogP contribution in [0.2, 0.25) is 0 Å². The minimum atomic E-state index is -0.0335.